The van der Waals surface area contributed by atoms with Gasteiger partial charge in [0, 0.05) is 0 Å². The van der Waals surface area contributed by atoms with E-state index in [0.717, 1.165) is 17.1 Å². The van der Waals surface area contributed by atoms with Crippen molar-refractivity contribution in [3.05, 3.63) is 66.1 Å². The van der Waals surface area contributed by atoms with Crippen molar-refractivity contribution in [2.45, 2.75) is 13.5 Å². The quantitative estimate of drug-likeness (QED) is 0.791. The van der Waals surface area contributed by atoms with Crippen LogP contribution in [0.2, 0.25) is 0 Å². The molecule has 2 heteroatoms. The van der Waals surface area contributed by atoms with E-state index in [4.69, 9.17) is 9.47 Å². The van der Waals surface area contributed by atoms with Crippen LogP contribution in [-0.2, 0) is 6.61 Å². The summed E-state index contributed by atoms with van der Waals surface area (Å²) in [5.41, 5.74) is 2.30. The van der Waals surface area contributed by atoms with Gasteiger partial charge in [0.25, 0.3) is 0 Å². The number of benzene rings is 2. The third kappa shape index (κ3) is 3.27. The Kier molecular flexibility index (Phi) is 4.24. The van der Waals surface area contributed by atoms with E-state index in [1.54, 1.807) is 7.11 Å². The van der Waals surface area contributed by atoms with Crippen molar-refractivity contribution in [2.75, 3.05) is 7.11 Å². The highest BCUT2D eigenvalue weighted by atomic mass is 16.5. The average Bonchev–Trinajstić information content (AvgIpc) is 2.46. The molecular formula is C16H17O2. The molecule has 0 aromatic heterocycles. The summed E-state index contributed by atoms with van der Waals surface area (Å²) in [5, 5.41) is 0. The highest BCUT2D eigenvalue weighted by Crippen LogP contribution is 2.17. The van der Waals surface area contributed by atoms with E-state index in [9.17, 15) is 0 Å². The van der Waals surface area contributed by atoms with Gasteiger partial charge in [0.15, 0.2) is 0 Å². The molecule has 93 valence electrons. The van der Waals surface area contributed by atoms with Gasteiger partial charge in [-0.15, -0.1) is 0 Å². The summed E-state index contributed by atoms with van der Waals surface area (Å²) >= 11 is 0. The summed E-state index contributed by atoms with van der Waals surface area (Å²) in [6.07, 6.45) is 2.06. The lowest BCUT2D eigenvalue weighted by molar-refractivity contribution is 0.305. The third-order valence-corrected chi connectivity index (χ3v) is 2.75. The number of ether oxygens (including phenoxy) is 2. The molecule has 2 aromatic carbocycles. The molecule has 2 nitrogen and oxygen atoms in total. The molecule has 18 heavy (non-hydrogen) atoms. The highest BCUT2D eigenvalue weighted by Gasteiger charge is 1.98. The van der Waals surface area contributed by atoms with E-state index in [-0.39, 0.29) is 0 Å². The summed E-state index contributed by atoms with van der Waals surface area (Å²) in [7, 11) is 1.67. The van der Waals surface area contributed by atoms with Crippen LogP contribution in [0.1, 0.15) is 18.1 Å². The van der Waals surface area contributed by atoms with Gasteiger partial charge in [-0.3, -0.25) is 0 Å². The maximum atomic E-state index is 5.72. The van der Waals surface area contributed by atoms with Gasteiger partial charge in [-0.25, -0.2) is 0 Å². The molecule has 0 fully saturated rings. The predicted octanol–water partition coefficient (Wildman–Crippen LogP) is 3.85. The second-order valence-corrected chi connectivity index (χ2v) is 4.00. The molecule has 1 radical (unpaired) electrons. The Labute approximate surface area is 108 Å². The zero-order valence-electron chi connectivity index (χ0n) is 10.7. The van der Waals surface area contributed by atoms with Gasteiger partial charge in [0.2, 0.25) is 0 Å². The first-order chi connectivity index (χ1) is 8.81. The number of methoxy groups -OCH3 is 1. The predicted molar refractivity (Wildman–Crippen MR) is 72.8 cm³/mol. The van der Waals surface area contributed by atoms with Crippen LogP contribution in [0.15, 0.2) is 48.5 Å². The summed E-state index contributed by atoms with van der Waals surface area (Å²) < 4.78 is 10.9. The van der Waals surface area contributed by atoms with Gasteiger partial charge in [0.05, 0.1) is 7.11 Å². The zero-order valence-corrected chi connectivity index (χ0v) is 10.7. The van der Waals surface area contributed by atoms with Crippen LogP contribution in [0.3, 0.4) is 0 Å². The highest BCUT2D eigenvalue weighted by molar-refractivity contribution is 5.32. The SMILES string of the molecule is C[CH]c1ccc(OCc2cccc(OC)c2)cc1. The molecule has 0 aliphatic carbocycles. The Morgan fingerprint density at radius 2 is 1.78 bits per heavy atom. The first kappa shape index (κ1) is 12.5. The molecule has 0 heterocycles. The Hall–Kier alpha value is -1.96. The van der Waals surface area contributed by atoms with Crippen molar-refractivity contribution in [3.63, 3.8) is 0 Å². The molecule has 0 atom stereocenters. The largest absolute Gasteiger partial charge is 0.497 e. The normalized spacial score (nSPS) is 10.1. The smallest absolute Gasteiger partial charge is 0.119 e. The molecular weight excluding hydrogens is 224 g/mol. The van der Waals surface area contributed by atoms with Gasteiger partial charge in [-0.1, -0.05) is 31.2 Å². The standard InChI is InChI=1S/C16H17O2/c1-3-13-7-9-15(10-8-13)18-12-14-5-4-6-16(11-14)17-2/h3-11H,12H2,1-2H3. The lowest BCUT2D eigenvalue weighted by Crippen LogP contribution is -1.96. The maximum Gasteiger partial charge on any atom is 0.119 e. The van der Waals surface area contributed by atoms with E-state index in [1.165, 1.54) is 5.56 Å². The summed E-state index contributed by atoms with van der Waals surface area (Å²) in [4.78, 5) is 0. The minimum Gasteiger partial charge on any atom is -0.497 e. The van der Waals surface area contributed by atoms with E-state index >= 15 is 0 Å². The Morgan fingerprint density at radius 1 is 1.00 bits per heavy atom. The van der Waals surface area contributed by atoms with Gasteiger partial charge in [0.1, 0.15) is 18.1 Å². The Bertz CT molecular complexity index is 489. The zero-order chi connectivity index (χ0) is 12.8. The molecule has 0 N–H and O–H groups in total. The lowest BCUT2D eigenvalue weighted by atomic mass is 10.2. The average molecular weight is 241 g/mol. The molecule has 0 spiro atoms. The van der Waals surface area contributed by atoms with Crippen molar-refractivity contribution >= 4 is 0 Å². The summed E-state index contributed by atoms with van der Waals surface area (Å²) in [5.74, 6) is 1.73. The van der Waals surface area contributed by atoms with Crippen LogP contribution in [0.25, 0.3) is 0 Å². The number of hydrogen-bond donors (Lipinski definition) is 0. The third-order valence-electron chi connectivity index (χ3n) is 2.75. The van der Waals surface area contributed by atoms with Gasteiger partial charge in [-0.05, 0) is 41.8 Å². The lowest BCUT2D eigenvalue weighted by Gasteiger charge is -2.08. The molecule has 0 aliphatic rings. The van der Waals surface area contributed by atoms with Crippen LogP contribution >= 0.6 is 0 Å². The summed E-state index contributed by atoms with van der Waals surface area (Å²) in [6, 6.07) is 15.9. The molecule has 0 saturated heterocycles. The Balaban J connectivity index is 1.97. The number of rotatable bonds is 5. The molecule has 0 saturated carbocycles. The second kappa shape index (κ2) is 6.10. The van der Waals surface area contributed by atoms with Gasteiger partial charge < -0.3 is 9.47 Å². The van der Waals surface area contributed by atoms with E-state index < -0.39 is 0 Å². The molecule has 2 rings (SSSR count). The van der Waals surface area contributed by atoms with E-state index in [2.05, 4.69) is 6.42 Å². The monoisotopic (exact) mass is 241 g/mol. The van der Waals surface area contributed by atoms with Crippen LogP contribution in [-0.4, -0.2) is 7.11 Å². The van der Waals surface area contributed by atoms with E-state index in [0.29, 0.717) is 6.61 Å². The van der Waals surface area contributed by atoms with E-state index in [1.807, 2.05) is 55.5 Å². The molecule has 0 amide bonds. The van der Waals surface area contributed by atoms with Gasteiger partial charge >= 0.3 is 0 Å². The number of hydrogen-bond acceptors (Lipinski definition) is 2. The van der Waals surface area contributed by atoms with Crippen molar-refractivity contribution in [3.8, 4) is 11.5 Å². The molecule has 0 aliphatic heterocycles. The first-order valence-electron chi connectivity index (χ1n) is 5.97. The fourth-order valence-corrected chi connectivity index (χ4v) is 1.69. The minimum atomic E-state index is 0.548. The van der Waals surface area contributed by atoms with Crippen molar-refractivity contribution < 1.29 is 9.47 Å². The fourth-order valence-electron chi connectivity index (χ4n) is 1.69. The van der Waals surface area contributed by atoms with Gasteiger partial charge in [-0.2, -0.15) is 0 Å². The molecule has 0 unspecified atom stereocenters. The van der Waals surface area contributed by atoms with Crippen molar-refractivity contribution in [2.24, 2.45) is 0 Å². The minimum absolute atomic E-state index is 0.548. The molecule has 2 aromatic rings. The maximum absolute atomic E-state index is 5.72. The summed E-state index contributed by atoms with van der Waals surface area (Å²) in [6.45, 7) is 2.57. The first-order valence-corrected chi connectivity index (χ1v) is 5.97. The van der Waals surface area contributed by atoms with Crippen LogP contribution < -0.4 is 9.47 Å². The van der Waals surface area contributed by atoms with Crippen molar-refractivity contribution in [1.82, 2.24) is 0 Å². The van der Waals surface area contributed by atoms with Crippen LogP contribution in [0.5, 0.6) is 11.5 Å². The van der Waals surface area contributed by atoms with Crippen LogP contribution in [0.4, 0.5) is 0 Å². The van der Waals surface area contributed by atoms with Crippen LogP contribution in [0, 0.1) is 6.42 Å². The van der Waals surface area contributed by atoms with Crippen molar-refractivity contribution in [1.29, 1.82) is 0 Å². The fraction of sp³-hybridized carbons (Fsp3) is 0.188. The molecule has 0 bridgehead atoms. The Morgan fingerprint density at radius 3 is 2.44 bits per heavy atom. The topological polar surface area (TPSA) is 18.5 Å². The second-order valence-electron chi connectivity index (χ2n) is 4.00.